The summed E-state index contributed by atoms with van der Waals surface area (Å²) in [6.45, 7) is 12.5. The van der Waals surface area contributed by atoms with Gasteiger partial charge in [-0.1, -0.05) is 52.1 Å². The first kappa shape index (κ1) is 18.2. The fourth-order valence-corrected chi connectivity index (χ4v) is 4.73. The number of hydrogen-bond acceptors (Lipinski definition) is 4. The predicted octanol–water partition coefficient (Wildman–Crippen LogP) is 3.74. The summed E-state index contributed by atoms with van der Waals surface area (Å²) in [6, 6.07) is 12.2. The molecule has 1 unspecified atom stereocenters. The minimum Gasteiger partial charge on any atom is -0.465 e. The number of rotatable bonds is 6. The van der Waals surface area contributed by atoms with Crippen LogP contribution in [0.15, 0.2) is 62.1 Å². The Bertz CT molecular complexity index is 893. The molecule has 1 heterocycles. The second-order valence-corrected chi connectivity index (χ2v) is 8.44. The lowest BCUT2D eigenvalue weighted by atomic mass is 10.0. The largest absolute Gasteiger partial charge is 0.465 e. The van der Waals surface area contributed by atoms with Gasteiger partial charge in [0, 0.05) is 16.2 Å². The SMILES string of the molecule is C=COc1ccccc1Pc1ccc2c(c1OC=C)C21COC(C)(C)OC1. The molecule has 1 spiro atoms. The van der Waals surface area contributed by atoms with Gasteiger partial charge in [-0.15, -0.1) is 0 Å². The molecule has 2 aliphatic rings. The van der Waals surface area contributed by atoms with Gasteiger partial charge in [0.2, 0.25) is 0 Å². The molecule has 2 aromatic rings. The van der Waals surface area contributed by atoms with Crippen LogP contribution < -0.4 is 20.1 Å². The quantitative estimate of drug-likeness (QED) is 0.563. The Morgan fingerprint density at radius 2 is 1.67 bits per heavy atom. The van der Waals surface area contributed by atoms with Gasteiger partial charge in [0.25, 0.3) is 0 Å². The van der Waals surface area contributed by atoms with E-state index in [-0.39, 0.29) is 5.41 Å². The second-order valence-electron chi connectivity index (χ2n) is 7.11. The van der Waals surface area contributed by atoms with Gasteiger partial charge < -0.3 is 18.9 Å². The summed E-state index contributed by atoms with van der Waals surface area (Å²) in [6.07, 6.45) is 2.93. The molecule has 2 aromatic carbocycles. The third kappa shape index (κ3) is 3.19. The van der Waals surface area contributed by atoms with Gasteiger partial charge in [-0.05, 0) is 25.5 Å². The molecule has 1 atom stereocenters. The molecule has 0 N–H and O–H groups in total. The van der Waals surface area contributed by atoms with Crippen molar-refractivity contribution in [1.29, 1.82) is 0 Å². The van der Waals surface area contributed by atoms with Crippen molar-refractivity contribution in [2.45, 2.75) is 25.0 Å². The summed E-state index contributed by atoms with van der Waals surface area (Å²) in [4.78, 5) is 0. The summed E-state index contributed by atoms with van der Waals surface area (Å²) in [5.74, 6) is 1.12. The van der Waals surface area contributed by atoms with Crippen LogP contribution in [0.5, 0.6) is 11.5 Å². The van der Waals surface area contributed by atoms with Gasteiger partial charge >= 0.3 is 0 Å². The van der Waals surface area contributed by atoms with Crippen molar-refractivity contribution in [1.82, 2.24) is 0 Å². The molecule has 27 heavy (non-hydrogen) atoms. The first-order valence-electron chi connectivity index (χ1n) is 8.88. The predicted molar refractivity (Wildman–Crippen MR) is 109 cm³/mol. The molecule has 140 valence electrons. The fourth-order valence-electron chi connectivity index (χ4n) is 3.53. The van der Waals surface area contributed by atoms with Crippen molar-refractivity contribution >= 4 is 19.2 Å². The van der Waals surface area contributed by atoms with Crippen LogP contribution in [-0.4, -0.2) is 19.0 Å². The Labute approximate surface area is 161 Å². The first-order chi connectivity index (χ1) is 13.0. The summed E-state index contributed by atoms with van der Waals surface area (Å²) in [5, 5.41) is 2.20. The molecule has 0 saturated carbocycles. The van der Waals surface area contributed by atoms with Crippen molar-refractivity contribution in [3.8, 4) is 11.5 Å². The molecule has 1 aliphatic carbocycles. The van der Waals surface area contributed by atoms with Gasteiger partial charge in [0.15, 0.2) is 5.79 Å². The number of fused-ring (bicyclic) bond motifs is 3. The Morgan fingerprint density at radius 1 is 0.963 bits per heavy atom. The first-order valence-corrected chi connectivity index (χ1v) is 9.88. The van der Waals surface area contributed by atoms with Crippen LogP contribution in [0.2, 0.25) is 0 Å². The summed E-state index contributed by atoms with van der Waals surface area (Å²) in [7, 11) is 0.383. The van der Waals surface area contributed by atoms with Gasteiger partial charge in [-0.3, -0.25) is 0 Å². The number of benzene rings is 2. The molecule has 4 nitrogen and oxygen atoms in total. The Hall–Kier alpha value is -2.13. The van der Waals surface area contributed by atoms with Crippen molar-refractivity contribution in [3.05, 3.63) is 73.2 Å². The average Bonchev–Trinajstić information content (AvgIpc) is 3.29. The molecule has 1 saturated heterocycles. The number of hydrogen-bond donors (Lipinski definition) is 0. The van der Waals surface area contributed by atoms with Gasteiger partial charge in [-0.2, -0.15) is 0 Å². The van der Waals surface area contributed by atoms with E-state index in [0.29, 0.717) is 21.8 Å². The van der Waals surface area contributed by atoms with E-state index in [1.165, 1.54) is 23.7 Å². The second kappa shape index (κ2) is 6.79. The highest BCUT2D eigenvalue weighted by Gasteiger charge is 2.57. The van der Waals surface area contributed by atoms with Gasteiger partial charge in [0.05, 0.1) is 31.2 Å². The molecule has 4 rings (SSSR count). The van der Waals surface area contributed by atoms with Crippen LogP contribution in [0.4, 0.5) is 0 Å². The number of para-hydroxylation sites is 1. The third-order valence-corrected chi connectivity index (χ3v) is 6.34. The lowest BCUT2D eigenvalue weighted by molar-refractivity contribution is -0.257. The lowest BCUT2D eigenvalue weighted by Crippen LogP contribution is -2.42. The molecule has 1 aliphatic heterocycles. The smallest absolute Gasteiger partial charge is 0.162 e. The van der Waals surface area contributed by atoms with Crippen molar-refractivity contribution in [2.24, 2.45) is 0 Å². The topological polar surface area (TPSA) is 36.9 Å². The van der Waals surface area contributed by atoms with E-state index in [1.54, 1.807) is 0 Å². The zero-order chi connectivity index (χ0) is 19.1. The highest BCUT2D eigenvalue weighted by Crippen LogP contribution is 2.57. The molecular formula is C22H23O4P. The summed E-state index contributed by atoms with van der Waals surface area (Å²) >= 11 is 0. The van der Waals surface area contributed by atoms with Crippen molar-refractivity contribution < 1.29 is 18.9 Å². The Kier molecular flexibility index (Phi) is 4.59. The van der Waals surface area contributed by atoms with Crippen molar-refractivity contribution in [2.75, 3.05) is 13.2 Å². The number of ether oxygens (including phenoxy) is 4. The normalized spacial score (nSPS) is 18.9. The minimum atomic E-state index is -0.545. The molecule has 5 heteroatoms. The molecule has 0 radical (unpaired) electrons. The van der Waals surface area contributed by atoms with E-state index in [9.17, 15) is 0 Å². The minimum absolute atomic E-state index is 0.201. The summed E-state index contributed by atoms with van der Waals surface area (Å²) < 4.78 is 23.3. The van der Waals surface area contributed by atoms with Gasteiger partial charge in [0.1, 0.15) is 11.5 Å². The van der Waals surface area contributed by atoms with Crippen LogP contribution >= 0.6 is 8.58 Å². The van der Waals surface area contributed by atoms with Crippen LogP contribution in [0.1, 0.15) is 25.0 Å². The highest BCUT2D eigenvalue weighted by atomic mass is 31.1. The van der Waals surface area contributed by atoms with E-state index in [4.69, 9.17) is 18.9 Å². The monoisotopic (exact) mass is 382 g/mol. The standard InChI is InChI=1S/C22H23O4P/c1-5-23-16-9-7-8-10-17(16)27-18-12-11-15-19(20(18)24-6-2)22(15)13-25-21(3,4)26-14-22/h5-12,27H,1-2,13-14H2,3-4H3. The maximum Gasteiger partial charge on any atom is 0.162 e. The molecule has 0 aromatic heterocycles. The maximum absolute atomic E-state index is 5.94. The van der Waals surface area contributed by atoms with E-state index in [2.05, 4.69) is 31.4 Å². The lowest BCUT2D eigenvalue weighted by Gasteiger charge is -2.35. The molecule has 0 bridgehead atoms. The maximum atomic E-state index is 5.94. The Balaban J connectivity index is 1.67. The summed E-state index contributed by atoms with van der Waals surface area (Å²) in [5.41, 5.74) is 2.21. The zero-order valence-electron chi connectivity index (χ0n) is 15.6. The van der Waals surface area contributed by atoms with E-state index >= 15 is 0 Å². The van der Waals surface area contributed by atoms with Crippen LogP contribution in [0.25, 0.3) is 0 Å². The van der Waals surface area contributed by atoms with Crippen LogP contribution in [-0.2, 0) is 14.9 Å². The Morgan fingerprint density at radius 3 is 2.37 bits per heavy atom. The van der Waals surface area contributed by atoms with Crippen LogP contribution in [0.3, 0.4) is 0 Å². The molecular weight excluding hydrogens is 359 g/mol. The highest BCUT2D eigenvalue weighted by molar-refractivity contribution is 7.56. The van der Waals surface area contributed by atoms with Crippen molar-refractivity contribution in [3.63, 3.8) is 0 Å². The fraction of sp³-hybridized carbons (Fsp3) is 0.273. The molecule has 0 amide bonds. The zero-order valence-corrected chi connectivity index (χ0v) is 16.6. The van der Waals surface area contributed by atoms with E-state index in [1.807, 2.05) is 32.0 Å². The van der Waals surface area contributed by atoms with Gasteiger partial charge in [-0.25, -0.2) is 0 Å². The van der Waals surface area contributed by atoms with E-state index in [0.717, 1.165) is 22.1 Å². The van der Waals surface area contributed by atoms with E-state index < -0.39 is 5.79 Å². The molecule has 1 fully saturated rings. The van der Waals surface area contributed by atoms with Crippen LogP contribution in [0, 0.1) is 0 Å². The average molecular weight is 382 g/mol. The third-order valence-electron chi connectivity index (χ3n) is 4.99.